The summed E-state index contributed by atoms with van der Waals surface area (Å²) >= 11 is 0. The third kappa shape index (κ3) is 8.51. The number of nitrogens with one attached hydrogen (secondary N) is 1. The number of rotatable bonds is 14. The summed E-state index contributed by atoms with van der Waals surface area (Å²) in [4.78, 5) is 29.9. The minimum atomic E-state index is -4.17. The second kappa shape index (κ2) is 15.4. The molecule has 0 heterocycles. The molecule has 0 aliphatic rings. The van der Waals surface area contributed by atoms with Crippen molar-refractivity contribution in [2.45, 2.75) is 51.1 Å². The van der Waals surface area contributed by atoms with Crippen LogP contribution in [0.5, 0.6) is 5.75 Å². The first-order valence-corrected chi connectivity index (χ1v) is 16.5. The summed E-state index contributed by atoms with van der Waals surface area (Å²) in [6.07, 6.45) is 0.997. The van der Waals surface area contributed by atoms with Crippen LogP contribution in [0.15, 0.2) is 108 Å². The SMILES string of the molecule is CCCNC(=O)[C@H](Cc1ccccc1)N(Cc1ccccc1C)C(=O)CN(c1ccc(OC)cc1)S(=O)(=O)c1ccc(C)cc1. The molecular formula is C36H41N3O5S. The van der Waals surface area contributed by atoms with Crippen molar-refractivity contribution >= 4 is 27.5 Å². The minimum absolute atomic E-state index is 0.0590. The first-order valence-electron chi connectivity index (χ1n) is 15.0. The number of hydrogen-bond donors (Lipinski definition) is 1. The first-order chi connectivity index (χ1) is 21.6. The highest BCUT2D eigenvalue weighted by Crippen LogP contribution is 2.27. The summed E-state index contributed by atoms with van der Waals surface area (Å²) in [5.41, 5.74) is 3.92. The van der Waals surface area contributed by atoms with E-state index in [1.165, 1.54) is 24.1 Å². The zero-order chi connectivity index (χ0) is 32.4. The summed E-state index contributed by atoms with van der Waals surface area (Å²) in [6, 6.07) is 29.3. The summed E-state index contributed by atoms with van der Waals surface area (Å²) in [6.45, 7) is 5.86. The van der Waals surface area contributed by atoms with Crippen LogP contribution in [0.3, 0.4) is 0 Å². The van der Waals surface area contributed by atoms with E-state index in [-0.39, 0.29) is 23.8 Å². The lowest BCUT2D eigenvalue weighted by Gasteiger charge is -2.34. The van der Waals surface area contributed by atoms with Gasteiger partial charge in [-0.25, -0.2) is 8.42 Å². The highest BCUT2D eigenvalue weighted by Gasteiger charge is 2.34. The number of nitrogens with zero attached hydrogens (tertiary/aromatic N) is 2. The average Bonchev–Trinajstić information content (AvgIpc) is 3.05. The summed E-state index contributed by atoms with van der Waals surface area (Å²) in [5, 5.41) is 2.97. The largest absolute Gasteiger partial charge is 0.497 e. The minimum Gasteiger partial charge on any atom is -0.497 e. The molecule has 2 amide bonds. The molecule has 0 aliphatic heterocycles. The van der Waals surface area contributed by atoms with E-state index in [1.807, 2.05) is 75.4 Å². The number of carbonyl (C=O) groups is 2. The summed E-state index contributed by atoms with van der Waals surface area (Å²) < 4.78 is 34.7. The fraction of sp³-hybridized carbons (Fsp3) is 0.278. The van der Waals surface area contributed by atoms with Crippen LogP contribution in [0.4, 0.5) is 5.69 Å². The Hall–Kier alpha value is -4.63. The Kier molecular flexibility index (Phi) is 11.4. The molecule has 9 heteroatoms. The predicted molar refractivity (Wildman–Crippen MR) is 178 cm³/mol. The quantitative estimate of drug-likeness (QED) is 0.194. The van der Waals surface area contributed by atoms with Crippen molar-refractivity contribution in [2.24, 2.45) is 0 Å². The molecule has 1 atom stereocenters. The molecule has 236 valence electrons. The zero-order valence-electron chi connectivity index (χ0n) is 26.3. The predicted octanol–water partition coefficient (Wildman–Crippen LogP) is 5.67. The maximum Gasteiger partial charge on any atom is 0.264 e. The van der Waals surface area contributed by atoms with Crippen molar-refractivity contribution in [2.75, 3.05) is 24.5 Å². The maximum absolute atomic E-state index is 14.5. The molecule has 0 spiro atoms. The van der Waals surface area contributed by atoms with Crippen molar-refractivity contribution in [3.05, 3.63) is 125 Å². The molecule has 45 heavy (non-hydrogen) atoms. The number of sulfonamides is 1. The van der Waals surface area contributed by atoms with Gasteiger partial charge in [0.1, 0.15) is 18.3 Å². The van der Waals surface area contributed by atoms with Crippen LogP contribution < -0.4 is 14.4 Å². The van der Waals surface area contributed by atoms with Gasteiger partial charge in [-0.05, 0) is 73.4 Å². The molecular weight excluding hydrogens is 586 g/mol. The molecule has 0 radical (unpaired) electrons. The number of hydrogen-bond acceptors (Lipinski definition) is 5. The van der Waals surface area contributed by atoms with E-state index in [1.54, 1.807) is 36.4 Å². The second-order valence-corrected chi connectivity index (χ2v) is 12.8. The molecule has 8 nitrogen and oxygen atoms in total. The molecule has 0 aromatic heterocycles. The Labute approximate surface area is 266 Å². The lowest BCUT2D eigenvalue weighted by molar-refractivity contribution is -0.140. The van der Waals surface area contributed by atoms with Gasteiger partial charge in [0.05, 0.1) is 17.7 Å². The molecule has 1 N–H and O–H groups in total. The highest BCUT2D eigenvalue weighted by atomic mass is 32.2. The van der Waals surface area contributed by atoms with Crippen molar-refractivity contribution in [3.63, 3.8) is 0 Å². The Morgan fingerprint density at radius 1 is 0.844 bits per heavy atom. The van der Waals surface area contributed by atoms with Gasteiger partial charge in [-0.1, -0.05) is 79.2 Å². The van der Waals surface area contributed by atoms with Crippen LogP contribution >= 0.6 is 0 Å². The van der Waals surface area contributed by atoms with Gasteiger partial charge in [-0.15, -0.1) is 0 Å². The third-order valence-corrected chi connectivity index (χ3v) is 9.46. The first kappa shape index (κ1) is 33.3. The van der Waals surface area contributed by atoms with Gasteiger partial charge in [0.2, 0.25) is 11.8 Å². The van der Waals surface area contributed by atoms with Crippen LogP contribution in [0.2, 0.25) is 0 Å². The van der Waals surface area contributed by atoms with Gasteiger partial charge in [0, 0.05) is 19.5 Å². The van der Waals surface area contributed by atoms with Gasteiger partial charge in [-0.2, -0.15) is 0 Å². The molecule has 0 saturated carbocycles. The molecule has 0 fully saturated rings. The average molecular weight is 628 g/mol. The molecule has 0 unspecified atom stereocenters. The van der Waals surface area contributed by atoms with Gasteiger partial charge in [-0.3, -0.25) is 13.9 Å². The lowest BCUT2D eigenvalue weighted by atomic mass is 10.0. The van der Waals surface area contributed by atoms with Crippen LogP contribution in [-0.4, -0.2) is 51.4 Å². The topological polar surface area (TPSA) is 96.0 Å². The molecule has 4 rings (SSSR count). The Morgan fingerprint density at radius 3 is 2.11 bits per heavy atom. The normalized spacial score (nSPS) is 11.8. The lowest BCUT2D eigenvalue weighted by Crippen LogP contribution is -2.53. The molecule has 0 bridgehead atoms. The Bertz CT molecular complexity index is 1670. The van der Waals surface area contributed by atoms with Crippen molar-refractivity contribution in [1.29, 1.82) is 0 Å². The molecule has 0 saturated heterocycles. The fourth-order valence-electron chi connectivity index (χ4n) is 5.01. The van der Waals surface area contributed by atoms with Gasteiger partial charge >= 0.3 is 0 Å². The van der Waals surface area contributed by atoms with E-state index in [2.05, 4.69) is 5.32 Å². The van der Waals surface area contributed by atoms with E-state index in [0.29, 0.717) is 18.0 Å². The maximum atomic E-state index is 14.5. The van der Waals surface area contributed by atoms with Gasteiger partial charge in [0.25, 0.3) is 10.0 Å². The second-order valence-electron chi connectivity index (χ2n) is 11.0. The van der Waals surface area contributed by atoms with Crippen molar-refractivity contribution < 1.29 is 22.7 Å². The van der Waals surface area contributed by atoms with Crippen molar-refractivity contribution in [3.8, 4) is 5.75 Å². The number of anilines is 1. The van der Waals surface area contributed by atoms with Gasteiger partial charge in [0.15, 0.2) is 0 Å². The van der Waals surface area contributed by atoms with Gasteiger partial charge < -0.3 is 15.0 Å². The van der Waals surface area contributed by atoms with Crippen LogP contribution in [0.1, 0.15) is 35.6 Å². The standard InChI is InChI=1S/C36H41N3O5S/c1-5-23-37-36(41)34(24-29-12-7-6-8-13-29)38(25-30-14-10-9-11-28(30)3)35(40)26-39(31-17-19-32(44-4)20-18-31)45(42,43)33-21-15-27(2)16-22-33/h6-22,34H,5,23-26H2,1-4H3,(H,37,41)/t34-/m0/s1. The third-order valence-electron chi connectivity index (χ3n) is 7.67. The smallest absolute Gasteiger partial charge is 0.264 e. The Balaban J connectivity index is 1.80. The number of ether oxygens (including phenoxy) is 1. The van der Waals surface area contributed by atoms with E-state index >= 15 is 0 Å². The van der Waals surface area contributed by atoms with Crippen molar-refractivity contribution in [1.82, 2.24) is 10.2 Å². The fourth-order valence-corrected chi connectivity index (χ4v) is 6.42. The highest BCUT2D eigenvalue weighted by molar-refractivity contribution is 7.92. The van der Waals surface area contributed by atoms with E-state index in [0.717, 1.165) is 33.0 Å². The monoisotopic (exact) mass is 627 g/mol. The number of benzene rings is 4. The molecule has 4 aromatic carbocycles. The number of carbonyl (C=O) groups excluding carboxylic acids is 2. The summed E-state index contributed by atoms with van der Waals surface area (Å²) in [5.74, 6) is -0.244. The van der Waals surface area contributed by atoms with Crippen LogP contribution in [0, 0.1) is 13.8 Å². The van der Waals surface area contributed by atoms with E-state index in [9.17, 15) is 18.0 Å². The number of aryl methyl sites for hydroxylation is 2. The number of amides is 2. The van der Waals surface area contributed by atoms with Crippen LogP contribution in [-0.2, 0) is 32.6 Å². The molecule has 0 aliphatic carbocycles. The molecule has 4 aromatic rings. The van der Waals surface area contributed by atoms with E-state index < -0.39 is 28.5 Å². The summed E-state index contributed by atoms with van der Waals surface area (Å²) in [7, 11) is -2.65. The van der Waals surface area contributed by atoms with E-state index in [4.69, 9.17) is 4.74 Å². The zero-order valence-corrected chi connectivity index (χ0v) is 27.1. The number of methoxy groups -OCH3 is 1. The Morgan fingerprint density at radius 2 is 1.49 bits per heavy atom. The van der Waals surface area contributed by atoms with Crippen LogP contribution in [0.25, 0.3) is 0 Å².